The molecule has 1 N–H and O–H groups in total. The normalized spacial score (nSPS) is 11.5. The molecule has 0 aliphatic rings. The van der Waals surface area contributed by atoms with Crippen molar-refractivity contribution < 1.29 is 22.5 Å². The molecule has 0 atom stereocenters. The molecular weight excluding hydrogens is 285 g/mol. The van der Waals surface area contributed by atoms with Crippen molar-refractivity contribution in [2.75, 3.05) is 0 Å². The zero-order chi connectivity index (χ0) is 15.6. The zero-order valence-electron chi connectivity index (χ0n) is 11.4. The van der Waals surface area contributed by atoms with Crippen LogP contribution in [-0.4, -0.2) is 11.1 Å². The van der Waals surface area contributed by atoms with Gasteiger partial charge < -0.3 is 9.84 Å². The van der Waals surface area contributed by atoms with Crippen molar-refractivity contribution in [3.8, 4) is 0 Å². The number of aromatic nitrogens is 1. The quantitative estimate of drug-likeness (QED) is 0.946. The molecule has 2 aromatic rings. The summed E-state index contributed by atoms with van der Waals surface area (Å²) in [5, 5.41) is 6.29. The molecule has 4 nitrogen and oxygen atoms in total. The second kappa shape index (κ2) is 5.59. The molecule has 0 saturated carbocycles. The predicted molar refractivity (Wildman–Crippen MR) is 68.6 cm³/mol. The Kier molecular flexibility index (Phi) is 4.02. The largest absolute Gasteiger partial charge is 0.416 e. The lowest BCUT2D eigenvalue weighted by Crippen LogP contribution is -2.23. The molecular formula is C14H13F3N2O2. The minimum absolute atomic E-state index is 0.126. The van der Waals surface area contributed by atoms with E-state index in [9.17, 15) is 18.0 Å². The van der Waals surface area contributed by atoms with E-state index in [1.165, 1.54) is 12.1 Å². The fourth-order valence-electron chi connectivity index (χ4n) is 1.89. The van der Waals surface area contributed by atoms with Gasteiger partial charge in [0.05, 0.1) is 11.3 Å². The molecule has 0 aliphatic heterocycles. The van der Waals surface area contributed by atoms with Crippen molar-refractivity contribution >= 4 is 5.91 Å². The van der Waals surface area contributed by atoms with E-state index in [2.05, 4.69) is 10.5 Å². The first-order chi connectivity index (χ1) is 9.79. The molecule has 7 heteroatoms. The highest BCUT2D eigenvalue weighted by molar-refractivity contribution is 5.95. The number of carbonyl (C=O) groups excluding carboxylic acids is 1. The smallest absolute Gasteiger partial charge is 0.361 e. The van der Waals surface area contributed by atoms with Crippen LogP contribution in [0.2, 0.25) is 0 Å². The van der Waals surface area contributed by atoms with Gasteiger partial charge in [-0.15, -0.1) is 0 Å². The van der Waals surface area contributed by atoms with Crippen molar-refractivity contribution in [3.05, 3.63) is 52.4 Å². The van der Waals surface area contributed by atoms with Gasteiger partial charge in [-0.1, -0.05) is 17.3 Å². The van der Waals surface area contributed by atoms with E-state index in [4.69, 9.17) is 4.52 Å². The van der Waals surface area contributed by atoms with Gasteiger partial charge in [0.1, 0.15) is 11.3 Å². The molecule has 1 aromatic heterocycles. The van der Waals surface area contributed by atoms with E-state index in [0.717, 1.165) is 12.1 Å². The van der Waals surface area contributed by atoms with Crippen LogP contribution < -0.4 is 5.32 Å². The number of nitrogens with zero attached hydrogens (tertiary/aromatic N) is 1. The monoisotopic (exact) mass is 298 g/mol. The van der Waals surface area contributed by atoms with Gasteiger partial charge in [-0.25, -0.2) is 0 Å². The van der Waals surface area contributed by atoms with E-state index < -0.39 is 11.7 Å². The molecule has 0 aliphatic carbocycles. The maximum absolute atomic E-state index is 12.4. The number of rotatable bonds is 3. The summed E-state index contributed by atoms with van der Waals surface area (Å²) >= 11 is 0. The Labute approximate surface area is 118 Å². The molecule has 2 rings (SSSR count). The number of hydrogen-bond donors (Lipinski definition) is 1. The SMILES string of the molecule is Cc1noc(C)c1C(=O)NCc1ccc(C(F)(F)F)cc1. The molecule has 21 heavy (non-hydrogen) atoms. The van der Waals surface area contributed by atoms with E-state index in [1.54, 1.807) is 13.8 Å². The summed E-state index contributed by atoms with van der Waals surface area (Å²) in [7, 11) is 0. The zero-order valence-corrected chi connectivity index (χ0v) is 11.4. The van der Waals surface area contributed by atoms with Gasteiger partial charge in [-0.3, -0.25) is 4.79 Å². The van der Waals surface area contributed by atoms with E-state index >= 15 is 0 Å². The Hall–Kier alpha value is -2.31. The molecule has 1 amide bonds. The minimum atomic E-state index is -4.36. The van der Waals surface area contributed by atoms with Crippen LogP contribution in [-0.2, 0) is 12.7 Å². The van der Waals surface area contributed by atoms with Gasteiger partial charge in [0.25, 0.3) is 5.91 Å². The highest BCUT2D eigenvalue weighted by Gasteiger charge is 2.29. The molecule has 1 aromatic carbocycles. The van der Waals surface area contributed by atoms with Gasteiger partial charge in [-0.2, -0.15) is 13.2 Å². The van der Waals surface area contributed by atoms with Gasteiger partial charge in [0, 0.05) is 6.54 Å². The average molecular weight is 298 g/mol. The second-order valence-corrected chi connectivity index (χ2v) is 4.58. The van der Waals surface area contributed by atoms with Gasteiger partial charge >= 0.3 is 6.18 Å². The maximum Gasteiger partial charge on any atom is 0.416 e. The minimum Gasteiger partial charge on any atom is -0.361 e. The molecule has 0 unspecified atom stereocenters. The maximum atomic E-state index is 12.4. The fraction of sp³-hybridized carbons (Fsp3) is 0.286. The van der Waals surface area contributed by atoms with Crippen LogP contribution in [0.3, 0.4) is 0 Å². The van der Waals surface area contributed by atoms with Crippen LogP contribution in [0, 0.1) is 13.8 Å². The average Bonchev–Trinajstić information content (AvgIpc) is 2.75. The van der Waals surface area contributed by atoms with Gasteiger partial charge in [-0.05, 0) is 31.5 Å². The van der Waals surface area contributed by atoms with Crippen LogP contribution in [0.1, 0.15) is 32.9 Å². The lowest BCUT2D eigenvalue weighted by Gasteiger charge is -2.08. The third-order valence-electron chi connectivity index (χ3n) is 2.99. The Balaban J connectivity index is 2.02. The number of alkyl halides is 3. The number of halogens is 3. The Morgan fingerprint density at radius 1 is 1.24 bits per heavy atom. The first-order valence-corrected chi connectivity index (χ1v) is 6.16. The number of amides is 1. The lowest BCUT2D eigenvalue weighted by atomic mass is 10.1. The topological polar surface area (TPSA) is 55.1 Å². The molecule has 0 bridgehead atoms. The van der Waals surface area contributed by atoms with Gasteiger partial charge in [0.15, 0.2) is 0 Å². The van der Waals surface area contributed by atoms with Crippen LogP contribution in [0.25, 0.3) is 0 Å². The Bertz CT molecular complexity index is 626. The van der Waals surface area contributed by atoms with Crippen molar-refractivity contribution in [1.29, 1.82) is 0 Å². The van der Waals surface area contributed by atoms with Crippen LogP contribution in [0.4, 0.5) is 13.2 Å². The first kappa shape index (κ1) is 15.1. The number of hydrogen-bond acceptors (Lipinski definition) is 3. The van der Waals surface area contributed by atoms with E-state index in [0.29, 0.717) is 22.6 Å². The van der Waals surface area contributed by atoms with Crippen LogP contribution in [0.5, 0.6) is 0 Å². The standard InChI is InChI=1S/C14H13F3N2O2/c1-8-12(9(2)21-19-8)13(20)18-7-10-3-5-11(6-4-10)14(15,16)17/h3-6H,7H2,1-2H3,(H,18,20). The van der Waals surface area contributed by atoms with Crippen molar-refractivity contribution in [2.24, 2.45) is 0 Å². The fourth-order valence-corrected chi connectivity index (χ4v) is 1.89. The molecule has 112 valence electrons. The Morgan fingerprint density at radius 2 is 1.86 bits per heavy atom. The second-order valence-electron chi connectivity index (χ2n) is 4.58. The summed E-state index contributed by atoms with van der Waals surface area (Å²) in [6.07, 6.45) is -4.36. The number of aryl methyl sites for hydroxylation is 2. The molecule has 0 radical (unpaired) electrons. The molecule has 0 fully saturated rings. The third kappa shape index (κ3) is 3.42. The summed E-state index contributed by atoms with van der Waals surface area (Å²) in [4.78, 5) is 12.0. The molecule has 0 spiro atoms. The van der Waals surface area contributed by atoms with E-state index in [-0.39, 0.29) is 12.5 Å². The van der Waals surface area contributed by atoms with Gasteiger partial charge in [0.2, 0.25) is 0 Å². The summed E-state index contributed by atoms with van der Waals surface area (Å²) in [6, 6.07) is 4.63. The summed E-state index contributed by atoms with van der Waals surface area (Å²) in [5.74, 6) is 0.0311. The number of benzene rings is 1. The van der Waals surface area contributed by atoms with E-state index in [1.807, 2.05) is 0 Å². The molecule has 0 saturated heterocycles. The van der Waals surface area contributed by atoms with Crippen molar-refractivity contribution in [3.63, 3.8) is 0 Å². The number of carbonyl (C=O) groups is 1. The third-order valence-corrected chi connectivity index (χ3v) is 2.99. The highest BCUT2D eigenvalue weighted by atomic mass is 19.4. The van der Waals surface area contributed by atoms with Crippen molar-refractivity contribution in [2.45, 2.75) is 26.6 Å². The summed E-state index contributed by atoms with van der Waals surface area (Å²) < 4.78 is 42.1. The summed E-state index contributed by atoms with van der Waals surface area (Å²) in [5.41, 5.74) is 0.672. The number of nitrogens with one attached hydrogen (secondary N) is 1. The van der Waals surface area contributed by atoms with Crippen molar-refractivity contribution in [1.82, 2.24) is 10.5 Å². The van der Waals surface area contributed by atoms with Crippen LogP contribution >= 0.6 is 0 Å². The molecule has 1 heterocycles. The first-order valence-electron chi connectivity index (χ1n) is 6.16. The van der Waals surface area contributed by atoms with Crippen LogP contribution in [0.15, 0.2) is 28.8 Å². The highest BCUT2D eigenvalue weighted by Crippen LogP contribution is 2.29. The predicted octanol–water partition coefficient (Wildman–Crippen LogP) is 3.24. The summed E-state index contributed by atoms with van der Waals surface area (Å²) in [6.45, 7) is 3.39. The Morgan fingerprint density at radius 3 is 2.33 bits per heavy atom. The lowest BCUT2D eigenvalue weighted by molar-refractivity contribution is -0.137.